The lowest BCUT2D eigenvalue weighted by Gasteiger charge is -2.23. The smallest absolute Gasteiger partial charge is 0.262 e. The van der Waals surface area contributed by atoms with E-state index in [4.69, 9.17) is 4.74 Å². The van der Waals surface area contributed by atoms with Gasteiger partial charge in [0.25, 0.3) is 11.8 Å². The summed E-state index contributed by atoms with van der Waals surface area (Å²) in [6.45, 7) is -0.134. The van der Waals surface area contributed by atoms with Crippen LogP contribution in [0.5, 0.6) is 5.75 Å². The first-order chi connectivity index (χ1) is 13.6. The summed E-state index contributed by atoms with van der Waals surface area (Å²) in [5, 5.41) is 15.8. The number of anilines is 1. The number of amides is 2. The molecule has 0 aromatic heterocycles. The van der Waals surface area contributed by atoms with E-state index in [2.05, 4.69) is 10.6 Å². The largest absolute Gasteiger partial charge is 0.483 e. The SMILES string of the molecule is O=C(COc1cccc2c1CCC[C@@H]2O)Nc1cccc(C(=O)NC2CC2)c1. The van der Waals surface area contributed by atoms with Gasteiger partial charge in [0.2, 0.25) is 0 Å². The zero-order chi connectivity index (χ0) is 19.5. The number of hydrogen-bond acceptors (Lipinski definition) is 4. The Hall–Kier alpha value is -2.86. The molecule has 2 aliphatic carbocycles. The summed E-state index contributed by atoms with van der Waals surface area (Å²) < 4.78 is 5.72. The van der Waals surface area contributed by atoms with Gasteiger partial charge in [-0.2, -0.15) is 0 Å². The van der Waals surface area contributed by atoms with Crippen molar-refractivity contribution in [2.45, 2.75) is 44.2 Å². The van der Waals surface area contributed by atoms with Gasteiger partial charge in [-0.15, -0.1) is 0 Å². The van der Waals surface area contributed by atoms with Crippen LogP contribution in [0.15, 0.2) is 42.5 Å². The molecule has 0 bridgehead atoms. The van der Waals surface area contributed by atoms with E-state index in [9.17, 15) is 14.7 Å². The predicted octanol–water partition coefficient (Wildman–Crippen LogP) is 2.97. The summed E-state index contributed by atoms with van der Waals surface area (Å²) in [7, 11) is 0. The van der Waals surface area contributed by atoms with E-state index in [1.165, 1.54) is 0 Å². The van der Waals surface area contributed by atoms with Crippen molar-refractivity contribution < 1.29 is 19.4 Å². The van der Waals surface area contributed by atoms with E-state index in [0.29, 0.717) is 17.0 Å². The second-order valence-corrected chi connectivity index (χ2v) is 7.40. The lowest BCUT2D eigenvalue weighted by Crippen LogP contribution is -2.25. The Morgan fingerprint density at radius 2 is 1.93 bits per heavy atom. The van der Waals surface area contributed by atoms with Gasteiger partial charge in [0.1, 0.15) is 5.75 Å². The average Bonchev–Trinajstić information content (AvgIpc) is 3.51. The van der Waals surface area contributed by atoms with Crippen molar-refractivity contribution in [1.82, 2.24) is 5.32 Å². The number of rotatable bonds is 6. The van der Waals surface area contributed by atoms with Gasteiger partial charge in [-0.05, 0) is 67.5 Å². The van der Waals surface area contributed by atoms with E-state index >= 15 is 0 Å². The monoisotopic (exact) mass is 380 g/mol. The number of fused-ring (bicyclic) bond motifs is 1. The van der Waals surface area contributed by atoms with Crippen LogP contribution in [0.4, 0.5) is 5.69 Å². The molecule has 1 atom stereocenters. The molecule has 0 radical (unpaired) electrons. The van der Waals surface area contributed by atoms with Gasteiger partial charge in [-0.1, -0.05) is 18.2 Å². The Balaban J connectivity index is 1.36. The molecular formula is C22H24N2O4. The number of carbonyl (C=O) groups excluding carboxylic acids is 2. The van der Waals surface area contributed by atoms with Crippen molar-refractivity contribution in [2.75, 3.05) is 11.9 Å². The third kappa shape index (κ3) is 4.34. The number of ether oxygens (including phenoxy) is 1. The highest BCUT2D eigenvalue weighted by Crippen LogP contribution is 2.35. The van der Waals surface area contributed by atoms with Crippen LogP contribution in [0.1, 0.15) is 53.3 Å². The van der Waals surface area contributed by atoms with E-state index in [-0.39, 0.29) is 24.5 Å². The third-order valence-electron chi connectivity index (χ3n) is 5.11. The van der Waals surface area contributed by atoms with Crippen LogP contribution >= 0.6 is 0 Å². The van der Waals surface area contributed by atoms with Crippen LogP contribution in [-0.2, 0) is 11.2 Å². The Bertz CT molecular complexity index is 892. The van der Waals surface area contributed by atoms with Gasteiger partial charge in [0.15, 0.2) is 6.61 Å². The number of carbonyl (C=O) groups is 2. The molecule has 0 unspecified atom stereocenters. The highest BCUT2D eigenvalue weighted by Gasteiger charge is 2.24. The molecule has 6 heteroatoms. The summed E-state index contributed by atoms with van der Waals surface area (Å²) in [5.41, 5.74) is 2.95. The maximum atomic E-state index is 12.3. The number of benzene rings is 2. The minimum Gasteiger partial charge on any atom is -0.483 e. The van der Waals surface area contributed by atoms with Crippen LogP contribution in [0, 0.1) is 0 Å². The summed E-state index contributed by atoms with van der Waals surface area (Å²) >= 11 is 0. The fraction of sp³-hybridized carbons (Fsp3) is 0.364. The molecule has 0 aliphatic heterocycles. The summed E-state index contributed by atoms with van der Waals surface area (Å²) in [6, 6.07) is 12.7. The van der Waals surface area contributed by atoms with E-state index in [1.54, 1.807) is 24.3 Å². The minimum atomic E-state index is -0.467. The number of hydrogen-bond donors (Lipinski definition) is 3. The van der Waals surface area contributed by atoms with E-state index < -0.39 is 6.10 Å². The topological polar surface area (TPSA) is 87.7 Å². The fourth-order valence-electron chi connectivity index (χ4n) is 3.50. The predicted molar refractivity (Wildman–Crippen MR) is 105 cm³/mol. The molecule has 1 saturated carbocycles. The molecule has 146 valence electrons. The van der Waals surface area contributed by atoms with E-state index in [1.807, 2.05) is 18.2 Å². The summed E-state index contributed by atoms with van der Waals surface area (Å²) in [4.78, 5) is 24.4. The van der Waals surface area contributed by atoms with Crippen molar-refractivity contribution in [3.63, 3.8) is 0 Å². The Morgan fingerprint density at radius 1 is 1.11 bits per heavy atom. The molecule has 2 aliphatic rings. The Labute approximate surface area is 163 Å². The van der Waals surface area contributed by atoms with Crippen molar-refractivity contribution in [3.8, 4) is 5.75 Å². The second kappa shape index (κ2) is 8.02. The average molecular weight is 380 g/mol. The fourth-order valence-corrected chi connectivity index (χ4v) is 3.50. The standard InChI is InChI=1S/C22H24N2O4/c25-19-8-2-7-18-17(19)6-3-9-20(18)28-13-21(26)23-16-5-1-4-14(12-16)22(27)24-15-10-11-15/h1,3-6,9,12,15,19,25H,2,7-8,10-11,13H2,(H,23,26)(H,24,27)/t19-/m0/s1. The van der Waals surface area contributed by atoms with Gasteiger partial charge in [-0.3, -0.25) is 9.59 Å². The molecule has 2 amide bonds. The molecule has 2 aromatic carbocycles. The van der Waals surface area contributed by atoms with Gasteiger partial charge >= 0.3 is 0 Å². The number of aliphatic hydroxyl groups excluding tert-OH is 1. The molecule has 2 aromatic rings. The zero-order valence-electron chi connectivity index (χ0n) is 15.6. The van der Waals surface area contributed by atoms with Crippen LogP contribution in [0.3, 0.4) is 0 Å². The lowest BCUT2D eigenvalue weighted by atomic mass is 9.89. The quantitative estimate of drug-likeness (QED) is 0.719. The van der Waals surface area contributed by atoms with Gasteiger partial charge in [0.05, 0.1) is 6.10 Å². The molecular weight excluding hydrogens is 356 g/mol. The van der Waals surface area contributed by atoms with Crippen molar-refractivity contribution in [2.24, 2.45) is 0 Å². The van der Waals surface area contributed by atoms with Gasteiger partial charge in [0, 0.05) is 17.3 Å². The zero-order valence-corrected chi connectivity index (χ0v) is 15.6. The second-order valence-electron chi connectivity index (χ2n) is 7.40. The van der Waals surface area contributed by atoms with Gasteiger partial charge in [-0.25, -0.2) is 0 Å². The minimum absolute atomic E-state index is 0.121. The summed E-state index contributed by atoms with van der Waals surface area (Å²) in [6.07, 6.45) is 4.07. The van der Waals surface area contributed by atoms with Crippen molar-refractivity contribution in [3.05, 3.63) is 59.2 Å². The first kappa shape index (κ1) is 18.5. The molecule has 6 nitrogen and oxygen atoms in total. The van der Waals surface area contributed by atoms with Crippen molar-refractivity contribution >= 4 is 17.5 Å². The molecule has 4 rings (SSSR count). The first-order valence-corrected chi connectivity index (χ1v) is 9.73. The lowest BCUT2D eigenvalue weighted by molar-refractivity contribution is -0.118. The van der Waals surface area contributed by atoms with Crippen LogP contribution in [0.2, 0.25) is 0 Å². The maximum Gasteiger partial charge on any atom is 0.262 e. The normalized spacial score (nSPS) is 18.1. The number of aliphatic hydroxyl groups is 1. The van der Waals surface area contributed by atoms with Gasteiger partial charge < -0.3 is 20.5 Å². The summed E-state index contributed by atoms with van der Waals surface area (Å²) in [5.74, 6) is 0.224. The highest BCUT2D eigenvalue weighted by molar-refractivity contribution is 5.97. The molecule has 1 fully saturated rings. The maximum absolute atomic E-state index is 12.3. The number of nitrogens with one attached hydrogen (secondary N) is 2. The molecule has 0 spiro atoms. The van der Waals surface area contributed by atoms with Crippen LogP contribution < -0.4 is 15.4 Å². The first-order valence-electron chi connectivity index (χ1n) is 9.73. The molecule has 28 heavy (non-hydrogen) atoms. The highest BCUT2D eigenvalue weighted by atomic mass is 16.5. The Morgan fingerprint density at radius 3 is 2.75 bits per heavy atom. The third-order valence-corrected chi connectivity index (χ3v) is 5.11. The van der Waals surface area contributed by atoms with Crippen LogP contribution in [0.25, 0.3) is 0 Å². The van der Waals surface area contributed by atoms with Crippen LogP contribution in [-0.4, -0.2) is 29.6 Å². The van der Waals surface area contributed by atoms with Crippen molar-refractivity contribution in [1.29, 1.82) is 0 Å². The van der Waals surface area contributed by atoms with E-state index in [0.717, 1.165) is 43.2 Å². The molecule has 0 heterocycles. The molecule has 3 N–H and O–H groups in total. The Kier molecular flexibility index (Phi) is 5.30. The molecule has 0 saturated heterocycles.